The summed E-state index contributed by atoms with van der Waals surface area (Å²) in [6.07, 6.45) is 3.34. The van der Waals surface area contributed by atoms with Crippen molar-refractivity contribution in [2.75, 3.05) is 0 Å². The van der Waals surface area contributed by atoms with Crippen molar-refractivity contribution >= 4 is 11.8 Å². The average molecular weight is 369 g/mol. The third-order valence-corrected chi connectivity index (χ3v) is 4.73. The van der Waals surface area contributed by atoms with Gasteiger partial charge < -0.3 is 0 Å². The lowest BCUT2D eigenvalue weighted by molar-refractivity contribution is 0.540. The van der Waals surface area contributed by atoms with Crippen molar-refractivity contribution in [2.45, 2.75) is 50.8 Å². The first-order valence-electron chi connectivity index (χ1n) is 8.66. The van der Waals surface area contributed by atoms with Gasteiger partial charge in [-0.25, -0.2) is 8.78 Å². The van der Waals surface area contributed by atoms with Crippen molar-refractivity contribution in [1.82, 2.24) is 0 Å². The zero-order valence-corrected chi connectivity index (χ0v) is 16.0. The van der Waals surface area contributed by atoms with Crippen LogP contribution in [0, 0.1) is 34.1 Å². The molecule has 0 aliphatic carbocycles. The number of hydrogen-bond donors (Lipinski definition) is 0. The van der Waals surface area contributed by atoms with Gasteiger partial charge in [0.2, 0.25) is 0 Å². The number of halogens is 2. The molecule has 0 saturated carbocycles. The van der Waals surface area contributed by atoms with Crippen LogP contribution in [0.25, 0.3) is 0 Å². The van der Waals surface area contributed by atoms with Crippen molar-refractivity contribution in [3.8, 4) is 17.2 Å². The van der Waals surface area contributed by atoms with Gasteiger partial charge in [0.15, 0.2) is 0 Å². The van der Waals surface area contributed by atoms with Gasteiger partial charge in [0.05, 0.1) is 4.90 Å². The van der Waals surface area contributed by atoms with Gasteiger partial charge in [0.1, 0.15) is 17.0 Å². The summed E-state index contributed by atoms with van der Waals surface area (Å²) in [6.45, 7) is 6.39. The first kappa shape index (κ1) is 20.0. The highest BCUT2D eigenvalue weighted by Gasteiger charge is 2.11. The van der Waals surface area contributed by atoms with Crippen molar-refractivity contribution < 1.29 is 8.78 Å². The molecule has 26 heavy (non-hydrogen) atoms. The van der Waals surface area contributed by atoms with E-state index in [1.165, 1.54) is 17.7 Å². The van der Waals surface area contributed by atoms with Crippen LogP contribution in [-0.2, 0) is 6.42 Å². The van der Waals surface area contributed by atoms with Crippen LogP contribution in [0.4, 0.5) is 8.78 Å². The SMILES string of the molecule is CCCCc1ccc(C#Cc2cc(F)c(SC#N)c(F)c2)c(C(C)C)c1. The molecule has 134 valence electrons. The van der Waals surface area contributed by atoms with Gasteiger partial charge in [0.25, 0.3) is 0 Å². The van der Waals surface area contributed by atoms with Crippen LogP contribution < -0.4 is 0 Å². The third kappa shape index (κ3) is 5.10. The molecule has 4 heteroatoms. The summed E-state index contributed by atoms with van der Waals surface area (Å²) in [5.41, 5.74) is 3.56. The molecule has 0 amide bonds. The minimum absolute atomic E-state index is 0.257. The monoisotopic (exact) mass is 369 g/mol. The molecule has 2 rings (SSSR count). The van der Waals surface area contributed by atoms with Crippen LogP contribution in [0.2, 0.25) is 0 Å². The fourth-order valence-electron chi connectivity index (χ4n) is 2.65. The van der Waals surface area contributed by atoms with E-state index in [9.17, 15) is 8.78 Å². The average Bonchev–Trinajstić information content (AvgIpc) is 2.61. The first-order valence-corrected chi connectivity index (χ1v) is 9.47. The molecule has 0 atom stereocenters. The largest absolute Gasteiger partial charge is 0.206 e. The van der Waals surface area contributed by atoms with Crippen molar-refractivity contribution in [1.29, 1.82) is 5.26 Å². The van der Waals surface area contributed by atoms with E-state index < -0.39 is 11.6 Å². The second-order valence-electron chi connectivity index (χ2n) is 6.39. The molecule has 0 aromatic heterocycles. The lowest BCUT2D eigenvalue weighted by Crippen LogP contribution is -1.96. The molecular weight excluding hydrogens is 348 g/mol. The van der Waals surface area contributed by atoms with Gasteiger partial charge in [-0.05, 0) is 59.8 Å². The molecule has 1 nitrogen and oxygen atoms in total. The summed E-state index contributed by atoms with van der Waals surface area (Å²) in [6, 6.07) is 8.57. The molecule has 0 aliphatic heterocycles. The standard InChI is InChI=1S/C22H21F2NS/c1-4-5-6-16-7-9-18(19(11-16)15(2)3)10-8-17-12-20(23)22(26-14-25)21(24)13-17/h7,9,11-13,15H,4-6H2,1-3H3. The third-order valence-electron chi connectivity index (χ3n) is 4.04. The second-order valence-corrected chi connectivity index (χ2v) is 7.19. The predicted molar refractivity (Wildman–Crippen MR) is 103 cm³/mol. The van der Waals surface area contributed by atoms with Crippen LogP contribution in [0.3, 0.4) is 0 Å². The summed E-state index contributed by atoms with van der Waals surface area (Å²) in [4.78, 5) is -0.291. The lowest BCUT2D eigenvalue weighted by Gasteiger charge is -2.11. The number of unbranched alkanes of at least 4 members (excludes halogenated alkanes) is 1. The Bertz CT molecular complexity index is 862. The molecular formula is C22H21F2NS. The van der Waals surface area contributed by atoms with Gasteiger partial charge in [-0.2, -0.15) is 5.26 Å². The van der Waals surface area contributed by atoms with E-state index in [2.05, 4.69) is 44.7 Å². The van der Waals surface area contributed by atoms with E-state index in [0.29, 0.717) is 17.7 Å². The zero-order valence-electron chi connectivity index (χ0n) is 15.2. The Balaban J connectivity index is 2.36. The van der Waals surface area contributed by atoms with Gasteiger partial charge in [-0.1, -0.05) is 51.2 Å². The van der Waals surface area contributed by atoms with Crippen LogP contribution in [-0.4, -0.2) is 0 Å². The number of rotatable bonds is 5. The molecule has 0 fully saturated rings. The molecule has 2 aromatic rings. The summed E-state index contributed by atoms with van der Waals surface area (Å²) < 4.78 is 27.8. The predicted octanol–water partition coefficient (Wildman–Crippen LogP) is 6.40. The number of thiocyanates is 1. The number of nitriles is 1. The fourth-order valence-corrected chi connectivity index (χ4v) is 3.06. The topological polar surface area (TPSA) is 23.8 Å². The smallest absolute Gasteiger partial charge is 0.142 e. The number of nitrogens with zero attached hydrogens (tertiary/aromatic N) is 1. The van der Waals surface area contributed by atoms with Crippen LogP contribution in [0.15, 0.2) is 35.2 Å². The van der Waals surface area contributed by atoms with Crippen LogP contribution >= 0.6 is 11.8 Å². The quantitative estimate of drug-likeness (QED) is 0.346. The highest BCUT2D eigenvalue weighted by atomic mass is 32.2. The maximum absolute atomic E-state index is 13.9. The number of benzene rings is 2. The van der Waals surface area contributed by atoms with Gasteiger partial charge in [0, 0.05) is 11.1 Å². The number of aryl methyl sites for hydroxylation is 1. The molecule has 0 N–H and O–H groups in total. The Kier molecular flexibility index (Phi) is 7.25. The van der Waals surface area contributed by atoms with Gasteiger partial charge >= 0.3 is 0 Å². The van der Waals surface area contributed by atoms with E-state index >= 15 is 0 Å². The highest BCUT2D eigenvalue weighted by Crippen LogP contribution is 2.26. The summed E-state index contributed by atoms with van der Waals surface area (Å²) >= 11 is 0.473. The Morgan fingerprint density at radius 2 is 1.77 bits per heavy atom. The highest BCUT2D eigenvalue weighted by molar-refractivity contribution is 8.03. The maximum Gasteiger partial charge on any atom is 0.142 e. The molecule has 0 aliphatic rings. The van der Waals surface area contributed by atoms with Crippen molar-refractivity contribution in [2.24, 2.45) is 0 Å². The Labute approximate surface area is 158 Å². The number of thioether (sulfide) groups is 1. The first-order chi connectivity index (χ1) is 12.5. The van der Waals surface area contributed by atoms with E-state index in [0.717, 1.165) is 30.4 Å². The molecule has 0 bridgehead atoms. The van der Waals surface area contributed by atoms with Crippen LogP contribution in [0.1, 0.15) is 61.8 Å². The molecule has 2 aromatic carbocycles. The summed E-state index contributed by atoms with van der Waals surface area (Å²) in [7, 11) is 0. The summed E-state index contributed by atoms with van der Waals surface area (Å²) in [5.74, 6) is 4.67. The van der Waals surface area contributed by atoms with Crippen molar-refractivity contribution in [3.05, 3.63) is 64.2 Å². The van der Waals surface area contributed by atoms with E-state index in [1.54, 1.807) is 5.40 Å². The Morgan fingerprint density at radius 3 is 2.35 bits per heavy atom. The van der Waals surface area contributed by atoms with Crippen LogP contribution in [0.5, 0.6) is 0 Å². The Morgan fingerprint density at radius 1 is 1.08 bits per heavy atom. The molecule has 0 unspecified atom stereocenters. The van der Waals surface area contributed by atoms with Crippen molar-refractivity contribution in [3.63, 3.8) is 0 Å². The zero-order chi connectivity index (χ0) is 19.1. The van der Waals surface area contributed by atoms with Gasteiger partial charge in [-0.15, -0.1) is 0 Å². The van der Waals surface area contributed by atoms with Gasteiger partial charge in [-0.3, -0.25) is 0 Å². The Hall–Kier alpha value is -2.30. The minimum atomic E-state index is -0.764. The van der Waals surface area contributed by atoms with E-state index in [4.69, 9.17) is 5.26 Å². The van der Waals surface area contributed by atoms with E-state index in [1.807, 2.05) is 6.07 Å². The summed E-state index contributed by atoms with van der Waals surface area (Å²) in [5, 5.41) is 10.3. The molecule has 0 radical (unpaired) electrons. The molecule has 0 heterocycles. The maximum atomic E-state index is 13.9. The fraction of sp³-hybridized carbons (Fsp3) is 0.318. The molecule has 0 spiro atoms. The lowest BCUT2D eigenvalue weighted by atomic mass is 9.93. The van der Waals surface area contributed by atoms with E-state index in [-0.39, 0.29) is 10.5 Å². The molecule has 0 saturated heterocycles. The second kappa shape index (κ2) is 9.41. The number of hydrogen-bond acceptors (Lipinski definition) is 2. The normalized spacial score (nSPS) is 10.3. The minimum Gasteiger partial charge on any atom is -0.206 e.